The summed E-state index contributed by atoms with van der Waals surface area (Å²) in [6.07, 6.45) is 2.63. The van der Waals surface area contributed by atoms with Crippen LogP contribution in [0.5, 0.6) is 0 Å². The van der Waals surface area contributed by atoms with Crippen molar-refractivity contribution >= 4 is 21.8 Å². The van der Waals surface area contributed by atoms with Gasteiger partial charge in [-0.3, -0.25) is 4.79 Å². The number of hydrogen-bond donors (Lipinski definition) is 2. The summed E-state index contributed by atoms with van der Waals surface area (Å²) >= 11 is 3.46. The van der Waals surface area contributed by atoms with Gasteiger partial charge in [0.25, 0.3) is 0 Å². The van der Waals surface area contributed by atoms with Gasteiger partial charge in [-0.2, -0.15) is 0 Å². The van der Waals surface area contributed by atoms with Gasteiger partial charge in [0.05, 0.1) is 0 Å². The molecule has 0 radical (unpaired) electrons. The Morgan fingerprint density at radius 2 is 2.16 bits per heavy atom. The van der Waals surface area contributed by atoms with Gasteiger partial charge in [0, 0.05) is 16.9 Å². The van der Waals surface area contributed by atoms with Crippen molar-refractivity contribution in [1.82, 2.24) is 10.6 Å². The number of benzene rings is 1. The minimum absolute atomic E-state index is 0.0592. The van der Waals surface area contributed by atoms with Crippen LogP contribution in [0.1, 0.15) is 25.3 Å². The van der Waals surface area contributed by atoms with Crippen molar-refractivity contribution < 1.29 is 4.79 Å². The molecular formula is C15H23BrN2O. The molecule has 0 aliphatic heterocycles. The topological polar surface area (TPSA) is 41.1 Å². The summed E-state index contributed by atoms with van der Waals surface area (Å²) in [5.41, 5.74) is 1.20. The van der Waals surface area contributed by atoms with Crippen LogP contribution >= 0.6 is 15.9 Å². The molecule has 0 saturated heterocycles. The second-order valence-corrected chi connectivity index (χ2v) is 5.60. The number of rotatable bonds is 8. The molecular weight excluding hydrogens is 304 g/mol. The molecule has 1 atom stereocenters. The molecule has 3 nitrogen and oxygen atoms in total. The van der Waals surface area contributed by atoms with E-state index in [0.29, 0.717) is 0 Å². The summed E-state index contributed by atoms with van der Waals surface area (Å²) in [5, 5.41) is 6.09. The number of nitrogens with one attached hydrogen (secondary N) is 2. The third-order valence-corrected chi connectivity index (χ3v) is 3.63. The largest absolute Gasteiger partial charge is 0.356 e. The van der Waals surface area contributed by atoms with E-state index in [2.05, 4.69) is 45.6 Å². The lowest BCUT2D eigenvalue weighted by Gasteiger charge is -2.15. The van der Waals surface area contributed by atoms with Crippen molar-refractivity contribution in [3.05, 3.63) is 34.3 Å². The van der Waals surface area contributed by atoms with Gasteiger partial charge in [-0.25, -0.2) is 0 Å². The molecule has 0 aliphatic rings. The lowest BCUT2D eigenvalue weighted by Crippen LogP contribution is -2.33. The lowest BCUT2D eigenvalue weighted by molar-refractivity contribution is -0.125. The highest BCUT2D eigenvalue weighted by Gasteiger charge is 2.16. The predicted octanol–water partition coefficient (Wildman–Crippen LogP) is 2.74. The highest BCUT2D eigenvalue weighted by Crippen LogP contribution is 2.17. The van der Waals surface area contributed by atoms with E-state index in [1.807, 2.05) is 19.2 Å². The van der Waals surface area contributed by atoms with Gasteiger partial charge in [0.15, 0.2) is 0 Å². The Labute approximate surface area is 124 Å². The van der Waals surface area contributed by atoms with Crippen molar-refractivity contribution in [2.45, 2.75) is 26.2 Å². The Balaban J connectivity index is 2.46. The molecule has 0 saturated carbocycles. The zero-order chi connectivity index (χ0) is 14.1. The van der Waals surface area contributed by atoms with Crippen molar-refractivity contribution in [3.63, 3.8) is 0 Å². The van der Waals surface area contributed by atoms with Gasteiger partial charge in [-0.1, -0.05) is 35.0 Å². The first-order valence-corrected chi connectivity index (χ1v) is 7.63. The summed E-state index contributed by atoms with van der Waals surface area (Å²) < 4.78 is 1.06. The van der Waals surface area contributed by atoms with Crippen molar-refractivity contribution in [1.29, 1.82) is 0 Å². The quantitative estimate of drug-likeness (QED) is 0.721. The SMILES string of the molecule is CCC(Cc1cccc(Br)c1)C(=O)NCCCNC. The Kier molecular flexibility index (Phi) is 7.75. The first-order valence-electron chi connectivity index (χ1n) is 6.84. The van der Waals surface area contributed by atoms with E-state index in [4.69, 9.17) is 0 Å². The maximum atomic E-state index is 12.1. The van der Waals surface area contributed by atoms with Crippen LogP contribution in [0.15, 0.2) is 28.7 Å². The van der Waals surface area contributed by atoms with Gasteiger partial charge in [0.2, 0.25) is 5.91 Å². The molecule has 0 aromatic heterocycles. The second-order valence-electron chi connectivity index (χ2n) is 4.69. The number of carbonyl (C=O) groups excluding carboxylic acids is 1. The van der Waals surface area contributed by atoms with Crippen LogP contribution in [0.25, 0.3) is 0 Å². The van der Waals surface area contributed by atoms with E-state index >= 15 is 0 Å². The lowest BCUT2D eigenvalue weighted by atomic mass is 9.96. The number of hydrogen-bond acceptors (Lipinski definition) is 2. The molecule has 0 aliphatic carbocycles. The van der Waals surface area contributed by atoms with Crippen molar-refractivity contribution in [2.75, 3.05) is 20.1 Å². The first kappa shape index (κ1) is 16.2. The minimum Gasteiger partial charge on any atom is -0.356 e. The van der Waals surface area contributed by atoms with Crippen molar-refractivity contribution in [3.8, 4) is 0 Å². The third kappa shape index (κ3) is 6.21. The molecule has 2 N–H and O–H groups in total. The van der Waals surface area contributed by atoms with Gasteiger partial charge in [-0.05, 0) is 50.6 Å². The summed E-state index contributed by atoms with van der Waals surface area (Å²) in [7, 11) is 1.92. The maximum absolute atomic E-state index is 12.1. The minimum atomic E-state index is 0.0592. The Bertz CT molecular complexity index is 395. The Morgan fingerprint density at radius 3 is 2.79 bits per heavy atom. The zero-order valence-corrected chi connectivity index (χ0v) is 13.3. The summed E-state index contributed by atoms with van der Waals surface area (Å²) in [6, 6.07) is 8.16. The molecule has 0 fully saturated rings. The fraction of sp³-hybridized carbons (Fsp3) is 0.533. The van der Waals surface area contributed by atoms with Crippen LogP contribution in [-0.2, 0) is 11.2 Å². The Morgan fingerprint density at radius 1 is 1.37 bits per heavy atom. The fourth-order valence-electron chi connectivity index (χ4n) is 1.99. The molecule has 106 valence electrons. The molecule has 1 rings (SSSR count). The average Bonchev–Trinajstić information content (AvgIpc) is 2.41. The second kappa shape index (κ2) is 9.10. The fourth-order valence-corrected chi connectivity index (χ4v) is 2.44. The van der Waals surface area contributed by atoms with Crippen molar-refractivity contribution in [2.24, 2.45) is 5.92 Å². The molecule has 4 heteroatoms. The molecule has 0 heterocycles. The van der Waals surface area contributed by atoms with Crippen LogP contribution in [0, 0.1) is 5.92 Å². The highest BCUT2D eigenvalue weighted by molar-refractivity contribution is 9.10. The van der Waals surface area contributed by atoms with E-state index in [-0.39, 0.29) is 11.8 Å². The van der Waals surface area contributed by atoms with Crippen LogP contribution in [0.4, 0.5) is 0 Å². The van der Waals surface area contributed by atoms with E-state index in [9.17, 15) is 4.79 Å². The number of carbonyl (C=O) groups is 1. The summed E-state index contributed by atoms with van der Waals surface area (Å²) in [6.45, 7) is 3.74. The van der Waals surface area contributed by atoms with Gasteiger partial charge < -0.3 is 10.6 Å². The molecule has 1 aromatic carbocycles. The first-order chi connectivity index (χ1) is 9.17. The normalized spacial score (nSPS) is 12.2. The van der Waals surface area contributed by atoms with Gasteiger partial charge in [-0.15, -0.1) is 0 Å². The van der Waals surface area contributed by atoms with E-state index in [1.165, 1.54) is 5.56 Å². The van der Waals surface area contributed by atoms with E-state index in [0.717, 1.165) is 36.8 Å². The Hall–Kier alpha value is -0.870. The highest BCUT2D eigenvalue weighted by atomic mass is 79.9. The number of halogens is 1. The smallest absolute Gasteiger partial charge is 0.223 e. The van der Waals surface area contributed by atoms with Crippen LogP contribution in [-0.4, -0.2) is 26.0 Å². The molecule has 0 bridgehead atoms. The van der Waals surface area contributed by atoms with Crippen LogP contribution < -0.4 is 10.6 Å². The molecule has 1 aromatic rings. The van der Waals surface area contributed by atoms with Gasteiger partial charge >= 0.3 is 0 Å². The number of amides is 1. The third-order valence-electron chi connectivity index (χ3n) is 3.14. The maximum Gasteiger partial charge on any atom is 0.223 e. The molecule has 1 unspecified atom stereocenters. The molecule has 0 spiro atoms. The average molecular weight is 327 g/mol. The van der Waals surface area contributed by atoms with Crippen LogP contribution in [0.2, 0.25) is 0 Å². The summed E-state index contributed by atoms with van der Waals surface area (Å²) in [4.78, 5) is 12.1. The van der Waals surface area contributed by atoms with E-state index < -0.39 is 0 Å². The molecule has 19 heavy (non-hydrogen) atoms. The molecule has 1 amide bonds. The monoisotopic (exact) mass is 326 g/mol. The predicted molar refractivity (Wildman–Crippen MR) is 83.2 cm³/mol. The zero-order valence-electron chi connectivity index (χ0n) is 11.7. The summed E-state index contributed by atoms with van der Waals surface area (Å²) in [5.74, 6) is 0.225. The standard InChI is InChI=1S/C15H23BrN2O/c1-3-13(15(19)18-9-5-8-17-2)10-12-6-4-7-14(16)11-12/h4,6-7,11,13,17H,3,5,8-10H2,1-2H3,(H,18,19). The van der Waals surface area contributed by atoms with E-state index in [1.54, 1.807) is 0 Å². The van der Waals surface area contributed by atoms with Crippen LogP contribution in [0.3, 0.4) is 0 Å². The van der Waals surface area contributed by atoms with Gasteiger partial charge in [0.1, 0.15) is 0 Å².